The van der Waals surface area contributed by atoms with Gasteiger partial charge in [-0.05, 0) is 6.58 Å². The highest BCUT2D eigenvalue weighted by Crippen LogP contribution is 1.13. The van der Waals surface area contributed by atoms with Gasteiger partial charge in [-0.3, -0.25) is 0 Å². The van der Waals surface area contributed by atoms with Crippen molar-refractivity contribution >= 4 is 15.2 Å². The largest absolute Gasteiger partial charge is 0.115 e. The quantitative estimate of drug-likeness (QED) is 0.273. The van der Waals surface area contributed by atoms with Gasteiger partial charge in [0, 0.05) is 0 Å². The normalized spacial score (nSPS) is 3.00. The van der Waals surface area contributed by atoms with Gasteiger partial charge in [-0.25, -0.2) is 0 Å². The molecule has 0 aliphatic carbocycles. The van der Waals surface area contributed by atoms with Crippen molar-refractivity contribution in [3.63, 3.8) is 0 Å². The van der Waals surface area contributed by atoms with Gasteiger partial charge in [-0.15, -0.1) is 5.33 Å². The molecule has 2 radical (unpaired) electrons. The number of hydrogen-bond donors (Lipinski definition) is 0. The van der Waals surface area contributed by atoms with Crippen LogP contribution in [0.15, 0.2) is 12.3 Å². The Bertz CT molecular complexity index is 53.4. The Kier molecular flexibility index (Phi) is 2.41. The third kappa shape index (κ3) is 1.65. The van der Waals surface area contributed by atoms with E-state index in [1.165, 1.54) is 0 Å². The van der Waals surface area contributed by atoms with Gasteiger partial charge in [-0.1, -0.05) is 5.73 Å². The number of rotatable bonds is 0. The molecule has 0 atom stereocenters. The standard InChI is InChI=1S/C3H2Si/c1-2-3-4/h1H2. The van der Waals surface area contributed by atoms with E-state index >= 15 is 0 Å². The summed E-state index contributed by atoms with van der Waals surface area (Å²) in [6.07, 6.45) is 0. The SMILES string of the molecule is C=C=C=[Si]. The van der Waals surface area contributed by atoms with E-state index in [0.29, 0.717) is 0 Å². The summed E-state index contributed by atoms with van der Waals surface area (Å²) in [5, 5.41) is 2.38. The van der Waals surface area contributed by atoms with Gasteiger partial charge in [0.05, 0.1) is 0 Å². The molecule has 0 nitrogen and oxygen atoms in total. The fourth-order valence-electron chi connectivity index (χ4n) is 0. The van der Waals surface area contributed by atoms with Gasteiger partial charge in [0.25, 0.3) is 0 Å². The summed E-state index contributed by atoms with van der Waals surface area (Å²) in [6.45, 7) is 3.19. The molecule has 0 saturated carbocycles. The van der Waals surface area contributed by atoms with Crippen LogP contribution in [-0.4, -0.2) is 15.2 Å². The second-order valence-electron chi connectivity index (χ2n) is 0.302. The van der Waals surface area contributed by atoms with Crippen molar-refractivity contribution in [2.45, 2.75) is 0 Å². The van der Waals surface area contributed by atoms with Crippen LogP contribution in [0.4, 0.5) is 0 Å². The number of hydrogen-bond acceptors (Lipinski definition) is 0. The summed E-state index contributed by atoms with van der Waals surface area (Å²) in [7, 11) is 2.86. The van der Waals surface area contributed by atoms with Gasteiger partial charge < -0.3 is 0 Å². The maximum Gasteiger partial charge on any atom is 0.115 e. The van der Waals surface area contributed by atoms with E-state index in [1.807, 2.05) is 0 Å². The lowest BCUT2D eigenvalue weighted by atomic mass is 11.0. The first-order chi connectivity index (χ1) is 1.91. The van der Waals surface area contributed by atoms with E-state index < -0.39 is 0 Å². The van der Waals surface area contributed by atoms with E-state index in [9.17, 15) is 0 Å². The first-order valence-electron chi connectivity index (χ1n) is 0.854. The molecule has 0 amide bonds. The van der Waals surface area contributed by atoms with Crippen LogP contribution in [0.25, 0.3) is 0 Å². The van der Waals surface area contributed by atoms with Gasteiger partial charge in [0.1, 0.15) is 9.85 Å². The van der Waals surface area contributed by atoms with Crippen molar-refractivity contribution < 1.29 is 0 Å². The van der Waals surface area contributed by atoms with Crippen molar-refractivity contribution in [3.8, 4) is 0 Å². The molecular formula is C3H2Si. The molecule has 4 heavy (non-hydrogen) atoms. The minimum Gasteiger partial charge on any atom is -0.107 e. The Morgan fingerprint density at radius 1 is 1.75 bits per heavy atom. The minimum absolute atomic E-state index is 2.34. The minimum atomic E-state index is 2.34. The molecular weight excluding hydrogens is 64.1 g/mol. The maximum atomic E-state index is 3.19. The van der Waals surface area contributed by atoms with Crippen LogP contribution in [0.2, 0.25) is 0 Å². The molecule has 0 N–H and O–H groups in total. The van der Waals surface area contributed by atoms with Crippen LogP contribution in [0, 0.1) is 0 Å². The van der Waals surface area contributed by atoms with E-state index in [-0.39, 0.29) is 0 Å². The molecule has 0 aromatic rings. The Labute approximate surface area is 28.5 Å². The van der Waals surface area contributed by atoms with Crippen LogP contribution >= 0.6 is 0 Å². The molecule has 0 aromatic heterocycles. The van der Waals surface area contributed by atoms with Crippen LogP contribution in [-0.2, 0) is 0 Å². The summed E-state index contributed by atoms with van der Waals surface area (Å²) in [5.41, 5.74) is 2.34. The first kappa shape index (κ1) is 3.65. The molecule has 0 unspecified atom stereocenters. The van der Waals surface area contributed by atoms with Crippen LogP contribution in [0.3, 0.4) is 0 Å². The van der Waals surface area contributed by atoms with Crippen molar-refractivity contribution in [2.24, 2.45) is 0 Å². The summed E-state index contributed by atoms with van der Waals surface area (Å²) < 4.78 is 0. The second kappa shape index (κ2) is 2.65. The predicted molar refractivity (Wildman–Crippen MR) is 19.9 cm³/mol. The molecule has 0 heterocycles. The van der Waals surface area contributed by atoms with E-state index in [2.05, 4.69) is 27.5 Å². The maximum absolute atomic E-state index is 3.19. The smallest absolute Gasteiger partial charge is 0.107 e. The topological polar surface area (TPSA) is 0 Å². The summed E-state index contributed by atoms with van der Waals surface area (Å²) in [5.74, 6) is 0. The zero-order valence-electron chi connectivity index (χ0n) is 2.21. The summed E-state index contributed by atoms with van der Waals surface area (Å²) in [6, 6.07) is 0. The van der Waals surface area contributed by atoms with E-state index in [1.54, 1.807) is 0 Å². The Morgan fingerprint density at radius 3 is 2.00 bits per heavy atom. The summed E-state index contributed by atoms with van der Waals surface area (Å²) in [4.78, 5) is 0. The van der Waals surface area contributed by atoms with E-state index in [4.69, 9.17) is 0 Å². The Morgan fingerprint density at radius 2 is 2.00 bits per heavy atom. The van der Waals surface area contributed by atoms with Crippen molar-refractivity contribution in [3.05, 3.63) is 12.3 Å². The van der Waals surface area contributed by atoms with Crippen LogP contribution in [0.5, 0.6) is 0 Å². The van der Waals surface area contributed by atoms with Crippen molar-refractivity contribution in [1.29, 1.82) is 0 Å². The molecule has 0 spiro atoms. The van der Waals surface area contributed by atoms with Gasteiger partial charge in [-0.2, -0.15) is 0 Å². The van der Waals surface area contributed by atoms with Gasteiger partial charge in [0.2, 0.25) is 0 Å². The van der Waals surface area contributed by atoms with E-state index in [0.717, 1.165) is 0 Å². The monoisotopic (exact) mass is 66.0 g/mol. The first-order valence-corrected chi connectivity index (χ1v) is 1.35. The molecule has 0 aliphatic rings. The molecule has 0 aromatic carbocycles. The Hall–Kier alpha value is -0.353. The molecule has 0 aliphatic heterocycles. The molecule has 1 heteroatoms. The third-order valence-electron chi connectivity index (χ3n) is 0.0884. The van der Waals surface area contributed by atoms with Crippen LogP contribution < -0.4 is 0 Å². The van der Waals surface area contributed by atoms with Crippen LogP contribution in [0.1, 0.15) is 0 Å². The fraction of sp³-hybridized carbons (Fsp3) is 0. The highest BCUT2D eigenvalue weighted by atomic mass is 28.1. The van der Waals surface area contributed by atoms with Gasteiger partial charge in [0.15, 0.2) is 0 Å². The fourth-order valence-corrected chi connectivity index (χ4v) is 0. The Balaban J connectivity index is 3.95. The zero-order valence-corrected chi connectivity index (χ0v) is 3.21. The lowest BCUT2D eigenvalue weighted by Gasteiger charge is -1.21. The highest BCUT2D eigenvalue weighted by molar-refractivity contribution is 6.24. The predicted octanol–water partition coefficient (Wildman–Crippen LogP) is -0.103. The van der Waals surface area contributed by atoms with Crippen molar-refractivity contribution in [2.75, 3.05) is 0 Å². The highest BCUT2D eigenvalue weighted by Gasteiger charge is 1.09. The third-order valence-corrected chi connectivity index (χ3v) is 0.265. The molecule has 0 fully saturated rings. The molecule has 18 valence electrons. The molecule has 0 rings (SSSR count). The second-order valence-corrected chi connectivity index (χ2v) is 0.552. The summed E-state index contributed by atoms with van der Waals surface area (Å²) >= 11 is 0. The average molecular weight is 66.1 g/mol. The molecule has 0 bridgehead atoms. The lowest BCUT2D eigenvalue weighted by molar-refractivity contribution is 2.68. The molecule has 0 saturated heterocycles. The lowest BCUT2D eigenvalue weighted by Crippen LogP contribution is -1.29. The van der Waals surface area contributed by atoms with Gasteiger partial charge >= 0.3 is 0 Å². The van der Waals surface area contributed by atoms with Crippen molar-refractivity contribution in [1.82, 2.24) is 0 Å². The average Bonchev–Trinajstić information content (AvgIpc) is 1.37. The zero-order chi connectivity index (χ0) is 3.41.